The van der Waals surface area contributed by atoms with Crippen molar-refractivity contribution >= 4 is 11.9 Å². The van der Waals surface area contributed by atoms with E-state index in [4.69, 9.17) is 4.74 Å². The fourth-order valence-corrected chi connectivity index (χ4v) is 7.87. The predicted molar refractivity (Wildman–Crippen MR) is 246 cm³/mol. The summed E-state index contributed by atoms with van der Waals surface area (Å²) in [4.78, 5) is 24.4. The highest BCUT2D eigenvalue weighted by Crippen LogP contribution is 2.16. The van der Waals surface area contributed by atoms with E-state index in [1.807, 2.05) is 6.08 Å². The molecule has 0 aromatic heterocycles. The number of hydrogen-bond donors (Lipinski definition) is 3. The van der Waals surface area contributed by atoms with Gasteiger partial charge in [0.15, 0.2) is 0 Å². The Morgan fingerprint density at radius 2 is 0.807 bits per heavy atom. The molecule has 0 rings (SSSR count). The largest absolute Gasteiger partial charge is 0.466 e. The Hall–Kier alpha value is -1.40. The SMILES string of the molecule is CCCCCCCCCCCC/C=C/C(O)C(CO)NC(=O)CCCCCCCCCCCCCCOC(=O)CCCCCCCCCCCCCCCCCC. The van der Waals surface area contributed by atoms with Gasteiger partial charge < -0.3 is 20.3 Å². The molecule has 0 saturated carbocycles. The first-order chi connectivity index (χ1) is 28.0. The molecule has 0 spiro atoms. The first-order valence-electron chi connectivity index (χ1n) is 25.5. The number of hydrogen-bond acceptors (Lipinski definition) is 5. The number of unbranched alkanes of at least 4 members (excludes halogenated alkanes) is 36. The maximum Gasteiger partial charge on any atom is 0.305 e. The minimum absolute atomic E-state index is 0.00753. The average molecular weight is 806 g/mol. The lowest BCUT2D eigenvalue weighted by Crippen LogP contribution is -2.45. The predicted octanol–water partition coefficient (Wildman–Crippen LogP) is 15.0. The summed E-state index contributed by atoms with van der Waals surface area (Å²) in [6.07, 6.45) is 53.5. The van der Waals surface area contributed by atoms with E-state index in [0.29, 0.717) is 19.4 Å². The fourth-order valence-electron chi connectivity index (χ4n) is 7.87. The number of rotatable bonds is 47. The van der Waals surface area contributed by atoms with Crippen molar-refractivity contribution in [1.29, 1.82) is 0 Å². The van der Waals surface area contributed by atoms with Gasteiger partial charge in [-0.1, -0.05) is 244 Å². The lowest BCUT2D eigenvalue weighted by molar-refractivity contribution is -0.143. The molecular weight excluding hydrogens is 707 g/mol. The summed E-state index contributed by atoms with van der Waals surface area (Å²) >= 11 is 0. The van der Waals surface area contributed by atoms with Crippen LogP contribution in [-0.4, -0.2) is 47.4 Å². The van der Waals surface area contributed by atoms with Crippen LogP contribution in [0.1, 0.15) is 277 Å². The van der Waals surface area contributed by atoms with Crippen LogP contribution in [0.15, 0.2) is 12.2 Å². The van der Waals surface area contributed by atoms with Crippen molar-refractivity contribution in [2.24, 2.45) is 0 Å². The quantitative estimate of drug-likeness (QED) is 0.0323. The van der Waals surface area contributed by atoms with Crippen molar-refractivity contribution in [3.05, 3.63) is 12.2 Å². The number of amides is 1. The van der Waals surface area contributed by atoms with Crippen LogP contribution < -0.4 is 5.32 Å². The summed E-state index contributed by atoms with van der Waals surface area (Å²) < 4.78 is 5.47. The van der Waals surface area contributed by atoms with Gasteiger partial charge in [-0.25, -0.2) is 0 Å². The van der Waals surface area contributed by atoms with Gasteiger partial charge in [-0.3, -0.25) is 9.59 Å². The summed E-state index contributed by atoms with van der Waals surface area (Å²) in [7, 11) is 0. The van der Waals surface area contributed by atoms with Crippen molar-refractivity contribution in [3.8, 4) is 0 Å². The molecule has 0 fully saturated rings. The smallest absolute Gasteiger partial charge is 0.305 e. The van der Waals surface area contributed by atoms with E-state index in [9.17, 15) is 19.8 Å². The number of aliphatic hydroxyl groups is 2. The molecule has 0 saturated heterocycles. The second-order valence-electron chi connectivity index (χ2n) is 17.5. The Labute approximate surface area is 355 Å². The average Bonchev–Trinajstić information content (AvgIpc) is 3.21. The molecule has 0 heterocycles. The Morgan fingerprint density at radius 1 is 0.474 bits per heavy atom. The van der Waals surface area contributed by atoms with Gasteiger partial charge in [0, 0.05) is 12.8 Å². The monoisotopic (exact) mass is 806 g/mol. The maximum absolute atomic E-state index is 12.4. The summed E-state index contributed by atoms with van der Waals surface area (Å²) in [6, 6.07) is -0.637. The molecule has 0 aliphatic carbocycles. The number of allylic oxidation sites excluding steroid dienone is 1. The molecule has 0 bridgehead atoms. The van der Waals surface area contributed by atoms with Crippen molar-refractivity contribution < 1.29 is 24.5 Å². The standard InChI is InChI=1S/C51H99NO5/c1-3-5-7-9-11-13-15-17-18-19-20-25-29-33-37-41-45-51(56)57-46-42-38-34-30-26-22-21-24-28-32-36-40-44-50(55)52-48(47-53)49(54)43-39-35-31-27-23-16-14-12-10-8-6-4-2/h39,43,48-49,53-54H,3-38,40-42,44-47H2,1-2H3,(H,52,55)/b43-39+. The summed E-state index contributed by atoms with van der Waals surface area (Å²) in [5, 5.41) is 23.0. The van der Waals surface area contributed by atoms with Crippen LogP contribution >= 0.6 is 0 Å². The first kappa shape index (κ1) is 55.6. The van der Waals surface area contributed by atoms with Gasteiger partial charge in [0.25, 0.3) is 0 Å². The van der Waals surface area contributed by atoms with Gasteiger partial charge in [0.2, 0.25) is 5.91 Å². The van der Waals surface area contributed by atoms with Crippen molar-refractivity contribution in [2.45, 2.75) is 289 Å². The molecule has 57 heavy (non-hydrogen) atoms. The van der Waals surface area contributed by atoms with Gasteiger partial charge in [0.1, 0.15) is 0 Å². The Balaban J connectivity index is 3.45. The number of aliphatic hydroxyl groups excluding tert-OH is 2. The van der Waals surface area contributed by atoms with E-state index >= 15 is 0 Å². The molecule has 6 heteroatoms. The molecule has 0 aromatic rings. The van der Waals surface area contributed by atoms with E-state index in [-0.39, 0.29) is 18.5 Å². The van der Waals surface area contributed by atoms with Crippen molar-refractivity contribution in [1.82, 2.24) is 5.32 Å². The van der Waals surface area contributed by atoms with E-state index in [1.54, 1.807) is 6.08 Å². The Morgan fingerprint density at radius 3 is 1.19 bits per heavy atom. The van der Waals surface area contributed by atoms with Crippen LogP contribution in [0.5, 0.6) is 0 Å². The molecule has 0 radical (unpaired) electrons. The first-order valence-corrected chi connectivity index (χ1v) is 25.5. The molecule has 2 atom stereocenters. The Bertz CT molecular complexity index is 847. The van der Waals surface area contributed by atoms with Crippen molar-refractivity contribution in [3.63, 3.8) is 0 Å². The van der Waals surface area contributed by atoms with Gasteiger partial charge in [0.05, 0.1) is 25.4 Å². The molecule has 1 amide bonds. The van der Waals surface area contributed by atoms with Crippen LogP contribution in [0.3, 0.4) is 0 Å². The number of ether oxygens (including phenoxy) is 1. The van der Waals surface area contributed by atoms with Crippen LogP contribution in [0.25, 0.3) is 0 Å². The van der Waals surface area contributed by atoms with Gasteiger partial charge in [-0.15, -0.1) is 0 Å². The van der Waals surface area contributed by atoms with Crippen LogP contribution in [0, 0.1) is 0 Å². The second-order valence-corrected chi connectivity index (χ2v) is 17.5. The van der Waals surface area contributed by atoms with E-state index in [0.717, 1.165) is 57.8 Å². The van der Waals surface area contributed by atoms with Crippen LogP contribution in [-0.2, 0) is 14.3 Å². The van der Waals surface area contributed by atoms with Gasteiger partial charge in [-0.05, 0) is 32.1 Å². The molecule has 6 nitrogen and oxygen atoms in total. The van der Waals surface area contributed by atoms with E-state index in [1.165, 1.54) is 193 Å². The molecule has 0 aromatic carbocycles. The highest BCUT2D eigenvalue weighted by molar-refractivity contribution is 5.76. The second kappa shape index (κ2) is 47.3. The highest BCUT2D eigenvalue weighted by Gasteiger charge is 2.18. The number of nitrogens with one attached hydrogen (secondary N) is 1. The van der Waals surface area contributed by atoms with E-state index in [2.05, 4.69) is 19.2 Å². The topological polar surface area (TPSA) is 95.9 Å². The van der Waals surface area contributed by atoms with E-state index < -0.39 is 12.1 Å². The zero-order valence-electron chi connectivity index (χ0n) is 38.3. The summed E-state index contributed by atoms with van der Waals surface area (Å²) in [5.74, 6) is -0.0909. The zero-order chi connectivity index (χ0) is 41.5. The Kier molecular flexibility index (Phi) is 46.1. The van der Waals surface area contributed by atoms with Gasteiger partial charge in [-0.2, -0.15) is 0 Å². The maximum atomic E-state index is 12.4. The molecule has 0 aliphatic rings. The zero-order valence-corrected chi connectivity index (χ0v) is 38.3. The van der Waals surface area contributed by atoms with Gasteiger partial charge >= 0.3 is 5.97 Å². The van der Waals surface area contributed by atoms with Crippen LogP contribution in [0.4, 0.5) is 0 Å². The minimum atomic E-state index is -0.852. The lowest BCUT2D eigenvalue weighted by atomic mass is 10.0. The van der Waals surface area contributed by atoms with Crippen LogP contribution in [0.2, 0.25) is 0 Å². The minimum Gasteiger partial charge on any atom is -0.466 e. The normalized spacial score (nSPS) is 12.7. The third-order valence-corrected chi connectivity index (χ3v) is 11.8. The molecular formula is C51H99NO5. The van der Waals surface area contributed by atoms with Crippen molar-refractivity contribution in [2.75, 3.05) is 13.2 Å². The number of carbonyl (C=O) groups is 2. The summed E-state index contributed by atoms with van der Waals surface area (Å²) in [5.41, 5.74) is 0. The lowest BCUT2D eigenvalue weighted by Gasteiger charge is -2.20. The summed E-state index contributed by atoms with van der Waals surface area (Å²) in [6.45, 7) is 4.87. The molecule has 0 aliphatic heterocycles. The highest BCUT2D eigenvalue weighted by atomic mass is 16.5. The number of carbonyl (C=O) groups excluding carboxylic acids is 2. The molecule has 338 valence electrons. The molecule has 2 unspecified atom stereocenters. The number of esters is 1. The third kappa shape index (κ3) is 44.0. The fraction of sp³-hybridized carbons (Fsp3) is 0.922. The molecule has 3 N–H and O–H groups in total. The third-order valence-electron chi connectivity index (χ3n) is 11.8.